The normalized spacial score (nSPS) is 14.0. The maximum Gasteiger partial charge on any atom is 0.255 e. The van der Waals surface area contributed by atoms with Gasteiger partial charge in [0.1, 0.15) is 16.7 Å². The third-order valence-corrected chi connectivity index (χ3v) is 5.13. The number of imidazole rings is 1. The number of hydrogen-bond acceptors (Lipinski definition) is 3. The number of carbonyl (C=O) groups excluding carboxylic acids is 1. The van der Waals surface area contributed by atoms with Gasteiger partial charge in [0.2, 0.25) is 0 Å². The van der Waals surface area contributed by atoms with Gasteiger partial charge in [0.15, 0.2) is 0 Å². The second kappa shape index (κ2) is 6.20. The molecule has 5 nitrogen and oxygen atoms in total. The molecule has 0 unspecified atom stereocenters. The van der Waals surface area contributed by atoms with Crippen LogP contribution in [0.4, 0.5) is 5.69 Å². The van der Waals surface area contributed by atoms with Crippen LogP contribution in [0.15, 0.2) is 54.7 Å². The number of nitrogens with zero attached hydrogens (tertiary/aromatic N) is 3. The number of aryl methyl sites for hydroxylation is 1. The van der Waals surface area contributed by atoms with E-state index in [0.29, 0.717) is 11.5 Å². The van der Waals surface area contributed by atoms with Gasteiger partial charge in [0, 0.05) is 17.7 Å². The number of carbonyl (C=O) groups is 1. The van der Waals surface area contributed by atoms with Crippen molar-refractivity contribution in [2.45, 2.75) is 32.1 Å². The summed E-state index contributed by atoms with van der Waals surface area (Å²) in [5.74, 6) is 0.302. The van der Waals surface area contributed by atoms with Gasteiger partial charge < -0.3 is 5.32 Å². The van der Waals surface area contributed by atoms with Crippen LogP contribution < -0.4 is 5.32 Å². The standard InChI is InChI=1S/C22H20N4O/c1-2-16-19-21(26-13-7-6-10-17(26)24-19)20(18(23-16)14-11-12-14)25-22(27)15-8-4-3-5-9-15/h3-10,13-14H,2,11-12H2,1H3,(H,25,27). The maximum atomic E-state index is 12.9. The molecule has 1 saturated carbocycles. The molecule has 3 aromatic heterocycles. The number of benzene rings is 1. The summed E-state index contributed by atoms with van der Waals surface area (Å²) in [5.41, 5.74) is 6.12. The molecule has 0 saturated heterocycles. The van der Waals surface area contributed by atoms with Crippen LogP contribution in [0.1, 0.15) is 47.4 Å². The van der Waals surface area contributed by atoms with Gasteiger partial charge in [-0.2, -0.15) is 0 Å². The molecule has 0 atom stereocenters. The molecule has 1 aliphatic carbocycles. The molecule has 0 spiro atoms. The predicted molar refractivity (Wildman–Crippen MR) is 106 cm³/mol. The molecule has 4 aromatic rings. The minimum absolute atomic E-state index is 0.115. The van der Waals surface area contributed by atoms with Crippen LogP contribution in [0.3, 0.4) is 0 Å². The highest BCUT2D eigenvalue weighted by molar-refractivity contribution is 6.09. The van der Waals surface area contributed by atoms with Crippen molar-refractivity contribution in [2.24, 2.45) is 0 Å². The van der Waals surface area contributed by atoms with Crippen molar-refractivity contribution in [2.75, 3.05) is 5.32 Å². The van der Waals surface area contributed by atoms with E-state index < -0.39 is 0 Å². The quantitative estimate of drug-likeness (QED) is 0.582. The first-order chi connectivity index (χ1) is 13.3. The number of aromatic nitrogens is 3. The van der Waals surface area contributed by atoms with Crippen LogP contribution in [0, 0.1) is 0 Å². The van der Waals surface area contributed by atoms with E-state index in [4.69, 9.17) is 9.97 Å². The largest absolute Gasteiger partial charge is 0.319 e. The first kappa shape index (κ1) is 16.0. The van der Waals surface area contributed by atoms with Crippen molar-refractivity contribution in [1.82, 2.24) is 14.4 Å². The van der Waals surface area contributed by atoms with E-state index in [1.54, 1.807) is 0 Å². The molecule has 0 bridgehead atoms. The van der Waals surface area contributed by atoms with Crippen molar-refractivity contribution in [3.63, 3.8) is 0 Å². The lowest BCUT2D eigenvalue weighted by Crippen LogP contribution is -2.15. The van der Waals surface area contributed by atoms with E-state index in [9.17, 15) is 4.79 Å². The molecule has 1 N–H and O–H groups in total. The lowest BCUT2D eigenvalue weighted by atomic mass is 10.1. The minimum atomic E-state index is -0.115. The van der Waals surface area contributed by atoms with Gasteiger partial charge in [0.05, 0.1) is 17.1 Å². The molecule has 1 aromatic carbocycles. The van der Waals surface area contributed by atoms with Gasteiger partial charge in [0.25, 0.3) is 5.91 Å². The molecule has 5 rings (SSSR count). The van der Waals surface area contributed by atoms with Crippen LogP contribution in [0.2, 0.25) is 0 Å². The molecular formula is C22H20N4O. The van der Waals surface area contributed by atoms with Gasteiger partial charge in [-0.15, -0.1) is 0 Å². The molecule has 5 heteroatoms. The highest BCUT2D eigenvalue weighted by Gasteiger charge is 2.31. The van der Waals surface area contributed by atoms with Crippen molar-refractivity contribution >= 4 is 28.3 Å². The summed E-state index contributed by atoms with van der Waals surface area (Å²) in [6.07, 6.45) is 5.05. The fraction of sp³-hybridized carbons (Fsp3) is 0.227. The van der Waals surface area contributed by atoms with E-state index in [0.717, 1.165) is 53.0 Å². The van der Waals surface area contributed by atoms with Gasteiger partial charge in [-0.25, -0.2) is 4.98 Å². The molecule has 1 aliphatic rings. The summed E-state index contributed by atoms with van der Waals surface area (Å²) < 4.78 is 2.06. The molecule has 134 valence electrons. The number of rotatable bonds is 4. The van der Waals surface area contributed by atoms with Crippen LogP contribution in [0.5, 0.6) is 0 Å². The van der Waals surface area contributed by atoms with Crippen molar-refractivity contribution in [3.05, 3.63) is 71.7 Å². The highest BCUT2D eigenvalue weighted by Crippen LogP contribution is 2.45. The van der Waals surface area contributed by atoms with Gasteiger partial charge in [-0.3, -0.25) is 14.2 Å². The summed E-state index contributed by atoms with van der Waals surface area (Å²) in [6.45, 7) is 2.10. The Morgan fingerprint density at radius 2 is 1.89 bits per heavy atom. The minimum Gasteiger partial charge on any atom is -0.319 e. The first-order valence-corrected chi connectivity index (χ1v) is 9.42. The Hall–Kier alpha value is -3.21. The lowest BCUT2D eigenvalue weighted by Gasteiger charge is -2.14. The zero-order valence-electron chi connectivity index (χ0n) is 15.1. The van der Waals surface area contributed by atoms with Crippen LogP contribution >= 0.6 is 0 Å². The Morgan fingerprint density at radius 1 is 1.11 bits per heavy atom. The SMILES string of the molecule is CCc1nc(C2CC2)c(NC(=O)c2ccccc2)c2c1nc1ccccn12. The fourth-order valence-corrected chi connectivity index (χ4v) is 3.61. The van der Waals surface area contributed by atoms with Crippen LogP contribution in [-0.4, -0.2) is 20.3 Å². The second-order valence-corrected chi connectivity index (χ2v) is 7.00. The van der Waals surface area contributed by atoms with E-state index in [-0.39, 0.29) is 5.91 Å². The summed E-state index contributed by atoms with van der Waals surface area (Å²) in [4.78, 5) is 22.6. The Morgan fingerprint density at radius 3 is 2.63 bits per heavy atom. The smallest absolute Gasteiger partial charge is 0.255 e. The summed E-state index contributed by atoms with van der Waals surface area (Å²) in [5, 5.41) is 3.16. The predicted octanol–water partition coefficient (Wildman–Crippen LogP) is 4.57. The van der Waals surface area contributed by atoms with Crippen molar-refractivity contribution < 1.29 is 4.79 Å². The average Bonchev–Trinajstić information content (AvgIpc) is 3.48. The summed E-state index contributed by atoms with van der Waals surface area (Å²) >= 11 is 0. The number of hydrogen-bond donors (Lipinski definition) is 1. The van der Waals surface area contributed by atoms with Gasteiger partial charge in [-0.1, -0.05) is 31.2 Å². The topological polar surface area (TPSA) is 59.3 Å². The molecule has 1 fully saturated rings. The Bertz CT molecular complexity index is 1160. The zero-order chi connectivity index (χ0) is 18.4. The Kier molecular flexibility index (Phi) is 3.67. The van der Waals surface area contributed by atoms with Crippen LogP contribution in [-0.2, 0) is 6.42 Å². The van der Waals surface area contributed by atoms with Crippen molar-refractivity contribution in [3.8, 4) is 0 Å². The Labute approximate surface area is 157 Å². The first-order valence-electron chi connectivity index (χ1n) is 9.42. The van der Waals surface area contributed by atoms with Crippen LogP contribution in [0.25, 0.3) is 16.7 Å². The number of nitrogens with one attached hydrogen (secondary N) is 1. The average molecular weight is 356 g/mol. The highest BCUT2D eigenvalue weighted by atomic mass is 16.1. The molecule has 0 radical (unpaired) electrons. The van der Waals surface area contributed by atoms with Crippen molar-refractivity contribution in [1.29, 1.82) is 0 Å². The van der Waals surface area contributed by atoms with E-state index in [1.165, 1.54) is 0 Å². The zero-order valence-corrected chi connectivity index (χ0v) is 15.1. The molecule has 27 heavy (non-hydrogen) atoms. The van der Waals surface area contributed by atoms with E-state index in [1.807, 2.05) is 54.7 Å². The van der Waals surface area contributed by atoms with E-state index >= 15 is 0 Å². The van der Waals surface area contributed by atoms with E-state index in [2.05, 4.69) is 16.6 Å². The monoisotopic (exact) mass is 356 g/mol. The number of fused-ring (bicyclic) bond motifs is 3. The fourth-order valence-electron chi connectivity index (χ4n) is 3.61. The Balaban J connectivity index is 1.76. The number of pyridine rings is 2. The number of amides is 1. The van der Waals surface area contributed by atoms with Gasteiger partial charge >= 0.3 is 0 Å². The maximum absolute atomic E-state index is 12.9. The second-order valence-electron chi connectivity index (χ2n) is 7.00. The summed E-state index contributed by atoms with van der Waals surface area (Å²) in [6, 6.07) is 15.3. The lowest BCUT2D eigenvalue weighted by molar-refractivity contribution is 0.102. The molecule has 3 heterocycles. The third kappa shape index (κ3) is 2.67. The number of anilines is 1. The molecular weight excluding hydrogens is 336 g/mol. The molecule has 0 aliphatic heterocycles. The molecule has 1 amide bonds. The third-order valence-electron chi connectivity index (χ3n) is 5.13. The summed E-state index contributed by atoms with van der Waals surface area (Å²) in [7, 11) is 0. The van der Waals surface area contributed by atoms with Gasteiger partial charge in [-0.05, 0) is 43.5 Å².